The number of benzene rings is 4. The third kappa shape index (κ3) is 48.7. The number of ether oxygens (including phenoxy) is 8. The van der Waals surface area contributed by atoms with E-state index in [2.05, 4.69) is 41.5 Å². The zero-order valence-corrected chi connectivity index (χ0v) is 82.3. The molecular formula is C115H173N5O10. The number of esters is 2. The van der Waals surface area contributed by atoms with Crippen LogP contribution >= 0.6 is 0 Å². The molecule has 4 aromatic carbocycles. The summed E-state index contributed by atoms with van der Waals surface area (Å²) in [7, 11) is 0. The molecule has 15 heteroatoms. The summed E-state index contributed by atoms with van der Waals surface area (Å²) < 4.78 is 52.0. The predicted octanol–water partition coefficient (Wildman–Crippen LogP) is 34.9. The molecule has 0 bridgehead atoms. The molecule has 0 unspecified atom stereocenters. The van der Waals surface area contributed by atoms with Gasteiger partial charge in [-0.15, -0.1) is 0 Å². The maximum absolute atomic E-state index is 14.3. The van der Waals surface area contributed by atoms with Crippen LogP contribution in [0.5, 0.6) is 46.0 Å². The van der Waals surface area contributed by atoms with E-state index in [-0.39, 0.29) is 0 Å². The van der Waals surface area contributed by atoms with Gasteiger partial charge in [0.2, 0.25) is 11.5 Å². The Bertz CT molecular complexity index is 3740. The first kappa shape index (κ1) is 108. The Morgan fingerprint density at radius 2 is 0.438 bits per heavy atom. The fraction of sp³-hybridized carbons (Fsp3) is 0.626. The average Bonchev–Trinajstić information content (AvgIpc) is 0.805. The Hall–Kier alpha value is -8.59. The number of pyridine rings is 3. The van der Waals surface area contributed by atoms with Crippen LogP contribution in [0.3, 0.4) is 0 Å². The first-order chi connectivity index (χ1) is 64.2. The highest BCUT2D eigenvalue weighted by atomic mass is 16.6. The summed E-state index contributed by atoms with van der Waals surface area (Å²) in [6, 6.07) is 38.9. The number of unbranched alkanes of at least 4 members (excludes halogenated alkanes) is 54. The van der Waals surface area contributed by atoms with Crippen molar-refractivity contribution in [3.8, 4) is 68.8 Å². The molecule has 0 atom stereocenters. The summed E-state index contributed by atoms with van der Waals surface area (Å²) in [4.78, 5) is 53.2. The van der Waals surface area contributed by atoms with Gasteiger partial charge in [0, 0.05) is 0 Å². The minimum absolute atomic E-state index is 0.342. The molecule has 3 aromatic heterocycles. The largest absolute Gasteiger partial charge is 0.490 e. The third-order valence-corrected chi connectivity index (χ3v) is 24.6. The van der Waals surface area contributed by atoms with Gasteiger partial charge >= 0.3 is 11.9 Å². The van der Waals surface area contributed by atoms with Gasteiger partial charge in [-0.05, 0) is 148 Å². The third-order valence-electron chi connectivity index (χ3n) is 24.6. The lowest BCUT2D eigenvalue weighted by Gasteiger charge is -2.19. The lowest BCUT2D eigenvalue weighted by molar-refractivity contribution is 0.0724. The number of rotatable bonds is 82. The van der Waals surface area contributed by atoms with Gasteiger partial charge in [0.1, 0.15) is 11.5 Å². The number of aromatic nitrogens is 3. The summed E-state index contributed by atoms with van der Waals surface area (Å²) in [6.07, 6.45) is 77.5. The Labute approximate surface area is 788 Å². The topological polar surface area (TPSA) is 171 Å². The van der Waals surface area contributed by atoms with E-state index < -0.39 is 11.9 Å². The lowest BCUT2D eigenvalue weighted by Crippen LogP contribution is -2.12. The van der Waals surface area contributed by atoms with Crippen molar-refractivity contribution in [1.82, 2.24) is 15.0 Å². The number of aliphatic imine (C=N–C) groups is 2. The van der Waals surface area contributed by atoms with Crippen LogP contribution in [-0.2, 0) is 0 Å². The zero-order chi connectivity index (χ0) is 91.7. The van der Waals surface area contributed by atoms with E-state index in [1.165, 1.54) is 308 Å². The molecule has 0 fully saturated rings. The van der Waals surface area contributed by atoms with E-state index in [0.717, 1.165) is 77.0 Å². The van der Waals surface area contributed by atoms with Gasteiger partial charge < -0.3 is 37.9 Å². The molecule has 0 spiro atoms. The van der Waals surface area contributed by atoms with Crippen LogP contribution in [0.4, 0.5) is 11.4 Å². The van der Waals surface area contributed by atoms with Crippen LogP contribution in [0.25, 0.3) is 22.8 Å². The number of carbonyl (C=O) groups is 2. The molecule has 15 nitrogen and oxygen atoms in total. The Morgan fingerprint density at radius 3 is 0.669 bits per heavy atom. The fourth-order valence-electron chi connectivity index (χ4n) is 16.6. The summed E-state index contributed by atoms with van der Waals surface area (Å²) in [5.74, 6) is 3.00. The number of hydrogen-bond acceptors (Lipinski definition) is 15. The molecule has 0 aliphatic carbocycles. The van der Waals surface area contributed by atoms with E-state index in [0.29, 0.717) is 142 Å². The molecule has 7 aromatic rings. The summed E-state index contributed by atoms with van der Waals surface area (Å²) >= 11 is 0. The number of nitrogens with zero attached hydrogens (tertiary/aromatic N) is 5. The maximum atomic E-state index is 14.3. The maximum Gasteiger partial charge on any atom is 0.343 e. The summed E-state index contributed by atoms with van der Waals surface area (Å²) in [5.41, 5.74) is 5.99. The molecule has 3 heterocycles. The minimum atomic E-state index is -0.510. The highest BCUT2D eigenvalue weighted by Crippen LogP contribution is 2.43. The Kier molecular flexibility index (Phi) is 60.9. The molecular weight excluding hydrogens is 1610 g/mol. The highest BCUT2D eigenvalue weighted by Gasteiger charge is 2.24. The van der Waals surface area contributed by atoms with E-state index in [4.69, 9.17) is 62.8 Å². The van der Waals surface area contributed by atoms with Crippen LogP contribution in [0.2, 0.25) is 0 Å². The van der Waals surface area contributed by atoms with Crippen molar-refractivity contribution in [1.29, 1.82) is 0 Å². The molecule has 0 aliphatic rings. The molecule has 7 rings (SSSR count). The van der Waals surface area contributed by atoms with Crippen LogP contribution in [0.15, 0.2) is 137 Å². The second-order valence-electron chi connectivity index (χ2n) is 36.4. The monoisotopic (exact) mass is 1780 g/mol. The van der Waals surface area contributed by atoms with Gasteiger partial charge in [0.25, 0.3) is 0 Å². The molecule has 0 aliphatic heterocycles. The van der Waals surface area contributed by atoms with E-state index in [9.17, 15) is 9.59 Å². The van der Waals surface area contributed by atoms with E-state index in [1.807, 2.05) is 78.9 Å². The second-order valence-corrected chi connectivity index (χ2v) is 36.4. The van der Waals surface area contributed by atoms with Crippen molar-refractivity contribution in [3.63, 3.8) is 0 Å². The van der Waals surface area contributed by atoms with Crippen molar-refractivity contribution in [2.75, 3.05) is 39.6 Å². The molecule has 0 saturated heterocycles. The molecule has 718 valence electrons. The molecule has 0 amide bonds. The molecule has 0 radical (unpaired) electrons. The smallest absolute Gasteiger partial charge is 0.343 e. The Morgan fingerprint density at radius 1 is 0.238 bits per heavy atom. The molecule has 130 heavy (non-hydrogen) atoms. The van der Waals surface area contributed by atoms with Crippen molar-refractivity contribution < 1.29 is 47.5 Å². The van der Waals surface area contributed by atoms with Crippen molar-refractivity contribution >= 4 is 35.7 Å². The number of carbonyl (C=O) groups excluding carboxylic acids is 2. The normalized spacial score (nSPS) is 11.5. The average molecular weight is 1790 g/mol. The first-order valence-electron chi connectivity index (χ1n) is 53.0. The van der Waals surface area contributed by atoms with Crippen LogP contribution < -0.4 is 37.9 Å². The summed E-state index contributed by atoms with van der Waals surface area (Å²) in [6.45, 7) is 16.8. The first-order valence-corrected chi connectivity index (χ1v) is 53.0. The minimum Gasteiger partial charge on any atom is -0.490 e. The van der Waals surface area contributed by atoms with Crippen LogP contribution in [-0.4, -0.2) is 79.0 Å². The standard InChI is InChI=1S/C115H173N5O10/c1-7-13-19-25-31-37-43-49-55-61-84-123-108-90-96(91-109(124-85-62-56-50-44-38-32-26-20-14-8-2)112(108)127-88-65-59-53-47-41-35-29-23-17-11-5)114(121)129-102-80-76-98(77-81-102)116-94-100-70-67-72-104(118-100)106-74-69-75-107(120-106)105-73-68-71-101(119-105)95-117-99-78-82-103(83-79-99)130-115(122)97-92-110(125-86-63-57-51-45-39-33-27-21-15-9-3)113(128-89-66-60-54-48-42-36-30-24-18-12-6)111(93-97)126-87-64-58-52-46-40-34-28-22-16-10-4/h67-83,90-95H,7-66,84-89H2,1-6H3. The molecule has 0 N–H and O–H groups in total. The lowest BCUT2D eigenvalue weighted by atomic mass is 10.1. The SMILES string of the molecule is CCCCCCCCCCCCOc1cc(C(=O)Oc2ccc(N=Cc3cccc(-c4cccc(-c5cccc(C=Nc6ccc(OC(=O)c7cc(OCCCCCCCCCCCC)c(OCCCCCCCCCCCC)c(OCCCCCCCCCCCC)c7)cc6)n5)n4)n3)cc2)cc(OCCCCCCCCCCCC)c1OCCCCCCCCCCCC. The highest BCUT2D eigenvalue weighted by molar-refractivity contribution is 5.94. The summed E-state index contributed by atoms with van der Waals surface area (Å²) in [5, 5.41) is 0. The fourth-order valence-corrected chi connectivity index (χ4v) is 16.6. The number of hydrogen-bond donors (Lipinski definition) is 0. The zero-order valence-electron chi connectivity index (χ0n) is 82.3. The second kappa shape index (κ2) is 73.0. The van der Waals surface area contributed by atoms with Crippen LogP contribution in [0.1, 0.15) is 459 Å². The van der Waals surface area contributed by atoms with Crippen LogP contribution in [0, 0.1) is 0 Å². The van der Waals surface area contributed by atoms with Crippen molar-refractivity contribution in [2.24, 2.45) is 9.98 Å². The van der Waals surface area contributed by atoms with E-state index >= 15 is 0 Å². The van der Waals surface area contributed by atoms with Gasteiger partial charge in [-0.25, -0.2) is 24.5 Å². The van der Waals surface area contributed by atoms with Crippen molar-refractivity contribution in [2.45, 2.75) is 427 Å². The molecule has 0 saturated carbocycles. The van der Waals surface area contributed by atoms with Gasteiger partial charge in [0.05, 0.1) is 109 Å². The Balaban J connectivity index is 0.981. The van der Waals surface area contributed by atoms with Gasteiger partial charge in [-0.1, -0.05) is 406 Å². The van der Waals surface area contributed by atoms with Gasteiger partial charge in [0.15, 0.2) is 23.0 Å². The quantitative estimate of drug-likeness (QED) is 0.0153. The predicted molar refractivity (Wildman–Crippen MR) is 545 cm³/mol. The van der Waals surface area contributed by atoms with Gasteiger partial charge in [-0.3, -0.25) is 9.98 Å². The van der Waals surface area contributed by atoms with Crippen molar-refractivity contribution in [3.05, 3.63) is 150 Å². The van der Waals surface area contributed by atoms with E-state index in [1.54, 1.807) is 61.0 Å². The van der Waals surface area contributed by atoms with Gasteiger partial charge in [-0.2, -0.15) is 0 Å².